The summed E-state index contributed by atoms with van der Waals surface area (Å²) in [6.07, 6.45) is 0.908. The average Bonchev–Trinajstić information content (AvgIpc) is 3.01. The number of hydrogen-bond acceptors (Lipinski definition) is 5. The maximum Gasteiger partial charge on any atom is 0.329 e. The van der Waals surface area contributed by atoms with Crippen molar-refractivity contribution in [2.75, 3.05) is 13.2 Å². The van der Waals surface area contributed by atoms with E-state index in [9.17, 15) is 19.2 Å². The Morgan fingerprint density at radius 1 is 0.935 bits per heavy atom. The van der Waals surface area contributed by atoms with Crippen LogP contribution in [-0.4, -0.2) is 47.8 Å². The van der Waals surface area contributed by atoms with Gasteiger partial charge in [-0.3, -0.25) is 19.3 Å². The van der Waals surface area contributed by atoms with Crippen molar-refractivity contribution in [1.29, 1.82) is 0 Å². The van der Waals surface area contributed by atoms with Crippen molar-refractivity contribution in [3.63, 3.8) is 0 Å². The third-order valence-electron chi connectivity index (χ3n) is 5.03. The van der Waals surface area contributed by atoms with Gasteiger partial charge in [0.15, 0.2) is 6.61 Å². The minimum absolute atomic E-state index is 0.0292. The lowest BCUT2D eigenvalue weighted by molar-refractivity contribution is -0.152. The maximum atomic E-state index is 12.8. The van der Waals surface area contributed by atoms with Gasteiger partial charge in [-0.1, -0.05) is 56.3 Å². The van der Waals surface area contributed by atoms with E-state index < -0.39 is 36.3 Å². The van der Waals surface area contributed by atoms with Crippen LogP contribution in [0.15, 0.2) is 54.6 Å². The normalized spacial score (nSPS) is 13.8. The quantitative estimate of drug-likeness (QED) is 0.495. The van der Waals surface area contributed by atoms with Gasteiger partial charge in [0.25, 0.3) is 17.7 Å². The Bertz CT molecular complexity index is 936. The standard InChI is InChI=1S/C24H26N2O5/c1-16(2)14-20(26-22(28)18-10-6-7-11-19(18)23(26)29)24(30)31-15-21(27)25-13-12-17-8-4-3-5-9-17/h3-11,16,20H,12-15H2,1-2H3,(H,25,27). The number of esters is 1. The van der Waals surface area contributed by atoms with Crippen LogP contribution in [0.4, 0.5) is 0 Å². The summed E-state index contributed by atoms with van der Waals surface area (Å²) in [5.74, 6) is -2.20. The van der Waals surface area contributed by atoms with Crippen molar-refractivity contribution in [3.8, 4) is 0 Å². The van der Waals surface area contributed by atoms with Crippen LogP contribution in [0.5, 0.6) is 0 Å². The molecule has 0 aliphatic carbocycles. The molecule has 2 aromatic rings. The Labute approximate surface area is 181 Å². The maximum absolute atomic E-state index is 12.8. The summed E-state index contributed by atoms with van der Waals surface area (Å²) < 4.78 is 5.18. The van der Waals surface area contributed by atoms with E-state index in [4.69, 9.17) is 4.74 Å². The Kier molecular flexibility index (Phi) is 7.18. The number of benzene rings is 2. The zero-order chi connectivity index (χ0) is 22.4. The van der Waals surface area contributed by atoms with Crippen LogP contribution in [-0.2, 0) is 20.7 Å². The summed E-state index contributed by atoms with van der Waals surface area (Å²) in [6, 6.07) is 15.1. The SMILES string of the molecule is CC(C)CC(C(=O)OCC(=O)NCCc1ccccc1)N1C(=O)c2ccccc2C1=O. The smallest absolute Gasteiger partial charge is 0.329 e. The molecule has 1 atom stereocenters. The summed E-state index contributed by atoms with van der Waals surface area (Å²) in [5, 5.41) is 2.70. The van der Waals surface area contributed by atoms with Gasteiger partial charge in [0, 0.05) is 6.54 Å². The minimum atomic E-state index is -1.08. The van der Waals surface area contributed by atoms with Crippen LogP contribution in [0.2, 0.25) is 0 Å². The number of carbonyl (C=O) groups excluding carboxylic acids is 4. The number of carbonyl (C=O) groups is 4. The summed E-state index contributed by atoms with van der Waals surface area (Å²) >= 11 is 0. The van der Waals surface area contributed by atoms with E-state index >= 15 is 0 Å². The third-order valence-corrected chi connectivity index (χ3v) is 5.03. The molecule has 0 spiro atoms. The Morgan fingerprint density at radius 3 is 2.10 bits per heavy atom. The van der Waals surface area contributed by atoms with E-state index in [0.717, 1.165) is 10.5 Å². The summed E-state index contributed by atoms with van der Waals surface area (Å²) in [7, 11) is 0. The van der Waals surface area contributed by atoms with Gasteiger partial charge in [-0.15, -0.1) is 0 Å². The van der Waals surface area contributed by atoms with Crippen molar-refractivity contribution in [1.82, 2.24) is 10.2 Å². The monoisotopic (exact) mass is 422 g/mol. The van der Waals surface area contributed by atoms with Gasteiger partial charge in [-0.2, -0.15) is 0 Å². The molecular formula is C24H26N2O5. The lowest BCUT2D eigenvalue weighted by Crippen LogP contribution is -2.47. The molecule has 0 saturated heterocycles. The van der Waals surface area contributed by atoms with Crippen molar-refractivity contribution in [2.45, 2.75) is 32.7 Å². The highest BCUT2D eigenvalue weighted by atomic mass is 16.5. The van der Waals surface area contributed by atoms with Gasteiger partial charge < -0.3 is 10.1 Å². The molecular weight excluding hydrogens is 396 g/mol. The van der Waals surface area contributed by atoms with Crippen molar-refractivity contribution in [2.24, 2.45) is 5.92 Å². The molecule has 0 aromatic heterocycles. The minimum Gasteiger partial charge on any atom is -0.454 e. The van der Waals surface area contributed by atoms with E-state index in [0.29, 0.717) is 13.0 Å². The lowest BCUT2D eigenvalue weighted by atomic mass is 10.0. The first kappa shape index (κ1) is 22.2. The molecule has 0 radical (unpaired) electrons. The zero-order valence-corrected chi connectivity index (χ0v) is 17.7. The van der Waals surface area contributed by atoms with Crippen LogP contribution >= 0.6 is 0 Å². The van der Waals surface area contributed by atoms with Crippen molar-refractivity contribution < 1.29 is 23.9 Å². The van der Waals surface area contributed by atoms with Gasteiger partial charge >= 0.3 is 5.97 Å². The third kappa shape index (κ3) is 5.36. The molecule has 1 aliphatic rings. The molecule has 0 saturated carbocycles. The topological polar surface area (TPSA) is 92.8 Å². The molecule has 0 fully saturated rings. The van der Waals surface area contributed by atoms with Crippen LogP contribution in [0.25, 0.3) is 0 Å². The second-order valence-electron chi connectivity index (χ2n) is 7.86. The van der Waals surface area contributed by atoms with Crippen molar-refractivity contribution in [3.05, 3.63) is 71.3 Å². The number of nitrogens with one attached hydrogen (secondary N) is 1. The predicted molar refractivity (Wildman–Crippen MR) is 114 cm³/mol. The fourth-order valence-corrected chi connectivity index (χ4v) is 3.52. The first-order valence-electron chi connectivity index (χ1n) is 10.3. The number of fused-ring (bicyclic) bond motifs is 1. The fraction of sp³-hybridized carbons (Fsp3) is 0.333. The Morgan fingerprint density at radius 2 is 1.52 bits per heavy atom. The molecule has 3 amide bonds. The van der Waals surface area contributed by atoms with Gasteiger partial charge in [-0.05, 0) is 36.5 Å². The number of amides is 3. The molecule has 0 bridgehead atoms. The van der Waals surface area contributed by atoms with Gasteiger partial charge in [0.05, 0.1) is 11.1 Å². The molecule has 3 rings (SSSR count). The van der Waals surface area contributed by atoms with Crippen molar-refractivity contribution >= 4 is 23.7 Å². The number of hydrogen-bond donors (Lipinski definition) is 1. The Hall–Kier alpha value is -3.48. The predicted octanol–water partition coefficient (Wildman–Crippen LogP) is 2.60. The van der Waals surface area contributed by atoms with E-state index in [-0.39, 0.29) is 23.5 Å². The second kappa shape index (κ2) is 10.0. The molecule has 2 aromatic carbocycles. The van der Waals surface area contributed by atoms with E-state index in [1.807, 2.05) is 44.2 Å². The first-order chi connectivity index (χ1) is 14.9. The van der Waals surface area contributed by atoms with E-state index in [1.165, 1.54) is 0 Å². The van der Waals surface area contributed by atoms with E-state index in [2.05, 4.69) is 5.32 Å². The summed E-state index contributed by atoms with van der Waals surface area (Å²) in [6.45, 7) is 3.71. The van der Waals surface area contributed by atoms with Crippen LogP contribution in [0.1, 0.15) is 46.5 Å². The zero-order valence-electron chi connectivity index (χ0n) is 17.7. The molecule has 162 valence electrons. The van der Waals surface area contributed by atoms with Crippen LogP contribution in [0.3, 0.4) is 0 Å². The highest BCUT2D eigenvalue weighted by Gasteiger charge is 2.43. The van der Waals surface area contributed by atoms with Crippen LogP contribution in [0, 0.1) is 5.92 Å². The van der Waals surface area contributed by atoms with Gasteiger partial charge in [-0.25, -0.2) is 4.79 Å². The molecule has 1 heterocycles. The summed E-state index contributed by atoms with van der Waals surface area (Å²) in [4.78, 5) is 51.3. The van der Waals surface area contributed by atoms with Crippen LogP contribution < -0.4 is 5.32 Å². The molecule has 1 unspecified atom stereocenters. The lowest BCUT2D eigenvalue weighted by Gasteiger charge is -2.25. The van der Waals surface area contributed by atoms with E-state index in [1.54, 1.807) is 24.3 Å². The first-order valence-corrected chi connectivity index (χ1v) is 10.3. The second-order valence-corrected chi connectivity index (χ2v) is 7.86. The molecule has 1 N–H and O–H groups in total. The summed E-state index contributed by atoms with van der Waals surface area (Å²) in [5.41, 5.74) is 1.63. The highest BCUT2D eigenvalue weighted by Crippen LogP contribution is 2.27. The fourth-order valence-electron chi connectivity index (χ4n) is 3.52. The highest BCUT2D eigenvalue weighted by molar-refractivity contribution is 6.22. The largest absolute Gasteiger partial charge is 0.454 e. The molecule has 1 aliphatic heterocycles. The van der Waals surface area contributed by atoms with Gasteiger partial charge in [0.2, 0.25) is 0 Å². The number of rotatable bonds is 9. The molecule has 31 heavy (non-hydrogen) atoms. The Balaban J connectivity index is 1.58. The number of nitrogens with zero attached hydrogens (tertiary/aromatic N) is 1. The molecule has 7 heteroatoms. The number of ether oxygens (including phenoxy) is 1. The number of imide groups is 1. The van der Waals surface area contributed by atoms with Gasteiger partial charge in [0.1, 0.15) is 6.04 Å². The molecule has 7 nitrogen and oxygen atoms in total. The average molecular weight is 422 g/mol.